The summed E-state index contributed by atoms with van der Waals surface area (Å²) < 4.78 is 10.5. The van der Waals surface area contributed by atoms with Crippen LogP contribution in [0.1, 0.15) is 19.8 Å². The van der Waals surface area contributed by atoms with Crippen molar-refractivity contribution >= 4 is 35.6 Å². The number of anilines is 1. The van der Waals surface area contributed by atoms with Gasteiger partial charge in [-0.25, -0.2) is 0 Å². The van der Waals surface area contributed by atoms with E-state index in [4.69, 9.17) is 26.8 Å². The topological polar surface area (TPSA) is 76.8 Å². The second kappa shape index (κ2) is 9.48. The minimum Gasteiger partial charge on any atom is -0.495 e. The molecular weight excluding hydrogens is 365 g/mol. The van der Waals surface area contributed by atoms with Gasteiger partial charge in [0.15, 0.2) is 0 Å². The third kappa shape index (κ3) is 5.64. The van der Waals surface area contributed by atoms with Gasteiger partial charge in [0.25, 0.3) is 0 Å². The number of hydrogen-bond acceptors (Lipinski definition) is 5. The normalized spacial score (nSPS) is 20.0. The van der Waals surface area contributed by atoms with E-state index in [0.717, 1.165) is 19.5 Å². The number of nitrogens with one attached hydrogen (secondary N) is 1. The number of amides is 1. The Balaban J connectivity index is 0.00000312. The Hall–Kier alpha value is -1.21. The molecule has 3 N–H and O–H groups in total. The fourth-order valence-corrected chi connectivity index (χ4v) is 3.14. The molecule has 1 aliphatic rings. The number of hydrogen-bond donors (Lipinski definition) is 2. The van der Waals surface area contributed by atoms with Crippen LogP contribution in [0.2, 0.25) is 5.02 Å². The molecule has 1 fully saturated rings. The lowest BCUT2D eigenvalue weighted by Crippen LogP contribution is -2.32. The predicted octanol–water partition coefficient (Wildman–Crippen LogP) is 2.78. The molecule has 1 atom stereocenters. The first-order chi connectivity index (χ1) is 11.4. The predicted molar refractivity (Wildman–Crippen MR) is 103 cm³/mol. The highest BCUT2D eigenvalue weighted by atomic mass is 35.5. The quantitative estimate of drug-likeness (QED) is 0.746. The van der Waals surface area contributed by atoms with Crippen LogP contribution in [0, 0.1) is 5.41 Å². The fourth-order valence-electron chi connectivity index (χ4n) is 2.91. The van der Waals surface area contributed by atoms with Gasteiger partial charge in [0, 0.05) is 31.6 Å². The third-order valence-electron chi connectivity index (χ3n) is 4.53. The van der Waals surface area contributed by atoms with Gasteiger partial charge in [0.05, 0.1) is 24.9 Å². The Morgan fingerprint density at radius 1 is 1.36 bits per heavy atom. The van der Waals surface area contributed by atoms with Gasteiger partial charge in [-0.15, -0.1) is 12.4 Å². The van der Waals surface area contributed by atoms with Crippen LogP contribution in [0.5, 0.6) is 11.5 Å². The monoisotopic (exact) mass is 391 g/mol. The highest BCUT2D eigenvalue weighted by Gasteiger charge is 2.32. The fraction of sp³-hybridized carbons (Fsp3) is 0.588. The molecule has 0 aliphatic carbocycles. The summed E-state index contributed by atoms with van der Waals surface area (Å²) in [4.78, 5) is 14.5. The SMILES string of the molecule is COc1cc(NC(=O)CCN2CCC(C)(CN)C2)c(OC)cc1Cl.Cl. The maximum Gasteiger partial charge on any atom is 0.225 e. The van der Waals surface area contributed by atoms with Crippen LogP contribution in [-0.4, -0.2) is 51.2 Å². The van der Waals surface area contributed by atoms with Crippen molar-refractivity contribution in [1.29, 1.82) is 0 Å². The Morgan fingerprint density at radius 3 is 2.60 bits per heavy atom. The largest absolute Gasteiger partial charge is 0.495 e. The molecule has 1 unspecified atom stereocenters. The molecule has 0 spiro atoms. The van der Waals surface area contributed by atoms with Crippen molar-refractivity contribution in [2.75, 3.05) is 45.7 Å². The number of rotatable bonds is 7. The van der Waals surface area contributed by atoms with E-state index in [9.17, 15) is 4.79 Å². The third-order valence-corrected chi connectivity index (χ3v) is 4.83. The molecule has 1 heterocycles. The summed E-state index contributed by atoms with van der Waals surface area (Å²) in [6, 6.07) is 3.30. The van der Waals surface area contributed by atoms with Crippen LogP contribution in [0.25, 0.3) is 0 Å². The van der Waals surface area contributed by atoms with Gasteiger partial charge in [0.2, 0.25) is 5.91 Å². The van der Waals surface area contributed by atoms with E-state index in [1.54, 1.807) is 12.1 Å². The maximum absolute atomic E-state index is 12.3. The molecule has 0 saturated carbocycles. The van der Waals surface area contributed by atoms with E-state index in [1.165, 1.54) is 14.2 Å². The van der Waals surface area contributed by atoms with Crippen LogP contribution in [0.3, 0.4) is 0 Å². The van der Waals surface area contributed by atoms with E-state index in [2.05, 4.69) is 17.1 Å². The number of methoxy groups -OCH3 is 2. The van der Waals surface area contributed by atoms with E-state index >= 15 is 0 Å². The number of likely N-dealkylation sites (tertiary alicyclic amines) is 1. The first kappa shape index (κ1) is 21.8. The molecular formula is C17H27Cl2N3O3. The highest BCUT2D eigenvalue weighted by molar-refractivity contribution is 6.32. The van der Waals surface area contributed by atoms with Crippen molar-refractivity contribution < 1.29 is 14.3 Å². The molecule has 1 aromatic carbocycles. The Labute approximate surface area is 160 Å². The van der Waals surface area contributed by atoms with Gasteiger partial charge in [-0.3, -0.25) is 4.79 Å². The molecule has 1 amide bonds. The van der Waals surface area contributed by atoms with Crippen molar-refractivity contribution in [1.82, 2.24) is 4.90 Å². The molecule has 0 aromatic heterocycles. The number of carbonyl (C=O) groups excluding carboxylic acids is 1. The molecule has 25 heavy (non-hydrogen) atoms. The summed E-state index contributed by atoms with van der Waals surface area (Å²) >= 11 is 6.07. The first-order valence-corrected chi connectivity index (χ1v) is 8.42. The minimum atomic E-state index is -0.0703. The lowest BCUT2D eigenvalue weighted by atomic mass is 9.90. The summed E-state index contributed by atoms with van der Waals surface area (Å²) in [6.07, 6.45) is 1.49. The lowest BCUT2D eigenvalue weighted by molar-refractivity contribution is -0.116. The highest BCUT2D eigenvalue weighted by Crippen LogP contribution is 2.36. The molecule has 142 valence electrons. The van der Waals surface area contributed by atoms with Crippen LogP contribution in [0.4, 0.5) is 5.69 Å². The number of carbonyl (C=O) groups is 1. The first-order valence-electron chi connectivity index (χ1n) is 8.04. The van der Waals surface area contributed by atoms with E-state index in [1.807, 2.05) is 0 Å². The summed E-state index contributed by atoms with van der Waals surface area (Å²) in [5.41, 5.74) is 6.54. The molecule has 1 aliphatic heterocycles. The van der Waals surface area contributed by atoms with Gasteiger partial charge in [-0.05, 0) is 24.9 Å². The number of ether oxygens (including phenoxy) is 2. The zero-order valence-electron chi connectivity index (χ0n) is 14.9. The molecule has 1 saturated heterocycles. The maximum atomic E-state index is 12.3. The summed E-state index contributed by atoms with van der Waals surface area (Å²) in [5, 5.41) is 3.30. The average molecular weight is 392 g/mol. The number of nitrogens with zero attached hydrogens (tertiary/aromatic N) is 1. The van der Waals surface area contributed by atoms with Crippen molar-refractivity contribution in [3.8, 4) is 11.5 Å². The standard InChI is InChI=1S/C17H26ClN3O3.ClH/c1-17(10-19)5-7-21(11-17)6-4-16(22)20-13-9-14(23-2)12(18)8-15(13)24-3;/h8-9H,4-7,10-11,19H2,1-3H3,(H,20,22);1H. The van der Waals surface area contributed by atoms with Crippen molar-refractivity contribution in [2.45, 2.75) is 19.8 Å². The van der Waals surface area contributed by atoms with Crippen molar-refractivity contribution in [3.05, 3.63) is 17.2 Å². The molecule has 0 bridgehead atoms. The van der Waals surface area contributed by atoms with Crippen molar-refractivity contribution in [2.24, 2.45) is 11.1 Å². The van der Waals surface area contributed by atoms with E-state index < -0.39 is 0 Å². The van der Waals surface area contributed by atoms with E-state index in [-0.39, 0.29) is 23.7 Å². The molecule has 8 heteroatoms. The zero-order valence-corrected chi connectivity index (χ0v) is 16.5. The molecule has 6 nitrogen and oxygen atoms in total. The summed E-state index contributed by atoms with van der Waals surface area (Å²) in [6.45, 7) is 5.51. The van der Waals surface area contributed by atoms with Crippen LogP contribution in [0.15, 0.2) is 12.1 Å². The lowest BCUT2D eigenvalue weighted by Gasteiger charge is -2.22. The molecule has 0 radical (unpaired) electrons. The Kier molecular flexibility index (Phi) is 8.28. The number of nitrogens with two attached hydrogens (primary N) is 1. The number of halogens is 2. The zero-order chi connectivity index (χ0) is 17.7. The van der Waals surface area contributed by atoms with Gasteiger partial charge in [0.1, 0.15) is 11.5 Å². The second-order valence-corrected chi connectivity index (χ2v) is 6.93. The minimum absolute atomic E-state index is 0. The van der Waals surface area contributed by atoms with Gasteiger partial charge < -0.3 is 25.4 Å². The number of benzene rings is 1. The molecule has 2 rings (SSSR count). The Morgan fingerprint density at radius 2 is 2.04 bits per heavy atom. The summed E-state index contributed by atoms with van der Waals surface area (Å²) in [5.74, 6) is 0.927. The average Bonchev–Trinajstić information content (AvgIpc) is 2.96. The van der Waals surface area contributed by atoms with Crippen molar-refractivity contribution in [3.63, 3.8) is 0 Å². The smallest absolute Gasteiger partial charge is 0.225 e. The van der Waals surface area contributed by atoms with Gasteiger partial charge in [-0.1, -0.05) is 18.5 Å². The Bertz CT molecular complexity index is 601. The second-order valence-electron chi connectivity index (χ2n) is 6.53. The van der Waals surface area contributed by atoms with E-state index in [0.29, 0.717) is 41.7 Å². The van der Waals surface area contributed by atoms with Gasteiger partial charge >= 0.3 is 0 Å². The van der Waals surface area contributed by atoms with Crippen LogP contribution < -0.4 is 20.5 Å². The van der Waals surface area contributed by atoms with Crippen LogP contribution in [-0.2, 0) is 4.79 Å². The van der Waals surface area contributed by atoms with Gasteiger partial charge in [-0.2, -0.15) is 0 Å². The summed E-state index contributed by atoms with van der Waals surface area (Å²) in [7, 11) is 3.06. The van der Waals surface area contributed by atoms with Crippen LogP contribution >= 0.6 is 24.0 Å². The molecule has 1 aromatic rings.